The highest BCUT2D eigenvalue weighted by Gasteiger charge is 2.25. The fourth-order valence-corrected chi connectivity index (χ4v) is 1.48. The minimum Gasteiger partial charge on any atom is -0.461 e. The van der Waals surface area contributed by atoms with E-state index in [2.05, 4.69) is 15.5 Å². The number of hydrogen-bond acceptors (Lipinski definition) is 4. The molecule has 0 aromatic heterocycles. The monoisotopic (exact) mass is 251 g/mol. The number of aliphatic imine (C=N–C) groups is 1. The van der Waals surface area contributed by atoms with Crippen molar-refractivity contribution in [2.24, 2.45) is 10.1 Å². The summed E-state index contributed by atoms with van der Waals surface area (Å²) in [5.74, 6) is 0. The van der Waals surface area contributed by atoms with Crippen molar-refractivity contribution in [1.29, 1.82) is 0 Å². The molecule has 0 atom stereocenters. The molecule has 1 heterocycles. The first-order chi connectivity index (χ1) is 8.05. The van der Waals surface area contributed by atoms with Gasteiger partial charge in [-0.2, -0.15) is 5.10 Å². The zero-order chi connectivity index (χ0) is 12.3. The number of nitrogens with zero attached hydrogens (tertiary/aromatic N) is 2. The molecule has 1 aliphatic heterocycles. The summed E-state index contributed by atoms with van der Waals surface area (Å²) >= 11 is 5.78. The predicted octanol–water partition coefficient (Wildman–Crippen LogP) is 2.43. The van der Waals surface area contributed by atoms with Crippen LogP contribution >= 0.6 is 11.6 Å². The van der Waals surface area contributed by atoms with Gasteiger partial charge in [0.1, 0.15) is 6.61 Å². The van der Waals surface area contributed by atoms with Gasteiger partial charge in [0, 0.05) is 5.02 Å². The van der Waals surface area contributed by atoms with E-state index in [9.17, 15) is 0 Å². The lowest BCUT2D eigenvalue weighted by molar-refractivity contribution is 0.270. The Balaban J connectivity index is 1.92. The highest BCUT2D eigenvalue weighted by Crippen LogP contribution is 2.15. The van der Waals surface area contributed by atoms with Crippen LogP contribution in [0.1, 0.15) is 19.4 Å². The van der Waals surface area contributed by atoms with Crippen molar-refractivity contribution >= 4 is 23.8 Å². The number of benzene rings is 1. The normalized spacial score (nSPS) is 17.9. The summed E-state index contributed by atoms with van der Waals surface area (Å²) in [5, 5.41) is 4.75. The van der Waals surface area contributed by atoms with Crippen LogP contribution in [0.4, 0.5) is 0 Å². The van der Waals surface area contributed by atoms with E-state index >= 15 is 0 Å². The zero-order valence-electron chi connectivity index (χ0n) is 9.77. The molecule has 0 aliphatic carbocycles. The second-order valence-electron chi connectivity index (χ2n) is 4.44. The maximum Gasteiger partial charge on any atom is 0.306 e. The van der Waals surface area contributed by atoms with Crippen LogP contribution in [-0.2, 0) is 4.74 Å². The molecule has 0 radical (unpaired) electrons. The maximum atomic E-state index is 5.78. The SMILES string of the molecule is CC1(C)COC(N/N=C/c2ccc(Cl)cc2)=N1. The average molecular weight is 252 g/mol. The van der Waals surface area contributed by atoms with E-state index in [0.717, 1.165) is 5.56 Å². The Labute approximate surface area is 105 Å². The lowest BCUT2D eigenvalue weighted by Crippen LogP contribution is -2.17. The number of rotatable bonds is 2. The Morgan fingerprint density at radius 3 is 2.71 bits per heavy atom. The summed E-state index contributed by atoms with van der Waals surface area (Å²) in [6, 6.07) is 7.86. The van der Waals surface area contributed by atoms with Gasteiger partial charge in [-0.1, -0.05) is 23.7 Å². The molecule has 1 aromatic rings. The molecule has 1 N–H and O–H groups in total. The molecule has 0 amide bonds. The molecule has 0 unspecified atom stereocenters. The third-order valence-corrected chi connectivity index (χ3v) is 2.46. The second-order valence-corrected chi connectivity index (χ2v) is 4.88. The van der Waals surface area contributed by atoms with Gasteiger partial charge in [-0.25, -0.2) is 10.4 Å². The van der Waals surface area contributed by atoms with E-state index < -0.39 is 0 Å². The second kappa shape index (κ2) is 4.75. The van der Waals surface area contributed by atoms with Crippen molar-refractivity contribution in [3.63, 3.8) is 0 Å². The summed E-state index contributed by atoms with van der Waals surface area (Å²) < 4.78 is 5.33. The lowest BCUT2D eigenvalue weighted by Gasteiger charge is -2.07. The summed E-state index contributed by atoms with van der Waals surface area (Å²) in [4.78, 5) is 4.31. The van der Waals surface area contributed by atoms with Crippen LogP contribution in [0.15, 0.2) is 34.4 Å². The zero-order valence-corrected chi connectivity index (χ0v) is 10.5. The van der Waals surface area contributed by atoms with Crippen LogP contribution < -0.4 is 5.43 Å². The van der Waals surface area contributed by atoms with Crippen LogP contribution in [0.3, 0.4) is 0 Å². The molecule has 1 aromatic carbocycles. The van der Waals surface area contributed by atoms with Crippen LogP contribution in [0, 0.1) is 0 Å². The molecule has 90 valence electrons. The van der Waals surface area contributed by atoms with Gasteiger partial charge in [0.15, 0.2) is 0 Å². The molecule has 0 spiro atoms. The third kappa shape index (κ3) is 3.46. The van der Waals surface area contributed by atoms with E-state index in [1.165, 1.54) is 0 Å². The first kappa shape index (κ1) is 11.9. The minimum atomic E-state index is -0.169. The third-order valence-electron chi connectivity index (χ3n) is 2.21. The van der Waals surface area contributed by atoms with Gasteiger partial charge in [0.25, 0.3) is 0 Å². The van der Waals surface area contributed by atoms with Crippen molar-refractivity contribution < 1.29 is 4.74 Å². The Morgan fingerprint density at radius 2 is 2.12 bits per heavy atom. The summed E-state index contributed by atoms with van der Waals surface area (Å²) in [6.45, 7) is 4.58. The van der Waals surface area contributed by atoms with Crippen LogP contribution in [0.2, 0.25) is 5.02 Å². The van der Waals surface area contributed by atoms with Crippen LogP contribution in [0.5, 0.6) is 0 Å². The molecule has 1 aliphatic rings. The van der Waals surface area contributed by atoms with Crippen molar-refractivity contribution in [3.8, 4) is 0 Å². The average Bonchev–Trinajstić information content (AvgIpc) is 2.61. The van der Waals surface area contributed by atoms with E-state index in [0.29, 0.717) is 17.7 Å². The van der Waals surface area contributed by atoms with Gasteiger partial charge in [-0.3, -0.25) is 0 Å². The largest absolute Gasteiger partial charge is 0.461 e. The fourth-order valence-electron chi connectivity index (χ4n) is 1.35. The number of ether oxygens (including phenoxy) is 1. The molecular weight excluding hydrogens is 238 g/mol. The highest BCUT2D eigenvalue weighted by molar-refractivity contribution is 6.30. The van der Waals surface area contributed by atoms with Gasteiger partial charge in [-0.15, -0.1) is 0 Å². The van der Waals surface area contributed by atoms with Gasteiger partial charge in [0.2, 0.25) is 0 Å². The summed E-state index contributed by atoms with van der Waals surface area (Å²) in [5.41, 5.74) is 3.55. The standard InChI is InChI=1S/C12H14ClN3O/c1-12(2)8-17-11(15-12)16-14-7-9-3-5-10(13)6-4-9/h3-7H,8H2,1-2H3,(H,15,16)/b14-7+. The Hall–Kier alpha value is -1.55. The maximum absolute atomic E-state index is 5.78. The number of halogens is 1. The molecule has 5 heteroatoms. The minimum absolute atomic E-state index is 0.169. The molecule has 0 bridgehead atoms. The van der Waals surface area contributed by atoms with Crippen molar-refractivity contribution in [2.45, 2.75) is 19.4 Å². The number of amidine groups is 1. The topological polar surface area (TPSA) is 46.0 Å². The quantitative estimate of drug-likeness (QED) is 0.648. The predicted molar refractivity (Wildman–Crippen MR) is 69.6 cm³/mol. The van der Waals surface area contributed by atoms with E-state index in [1.54, 1.807) is 6.21 Å². The Bertz CT molecular complexity index is 451. The molecule has 0 saturated carbocycles. The van der Waals surface area contributed by atoms with E-state index in [4.69, 9.17) is 16.3 Å². The van der Waals surface area contributed by atoms with E-state index in [-0.39, 0.29) is 5.54 Å². The van der Waals surface area contributed by atoms with Gasteiger partial charge in [-0.05, 0) is 31.5 Å². The highest BCUT2D eigenvalue weighted by atomic mass is 35.5. The van der Waals surface area contributed by atoms with Crippen molar-refractivity contribution in [2.75, 3.05) is 6.61 Å². The number of hydrogen-bond donors (Lipinski definition) is 1. The van der Waals surface area contributed by atoms with Crippen LogP contribution in [-0.4, -0.2) is 24.4 Å². The Morgan fingerprint density at radius 1 is 1.41 bits per heavy atom. The molecule has 0 fully saturated rings. The Kier molecular flexibility index (Phi) is 3.33. The van der Waals surface area contributed by atoms with Gasteiger partial charge in [0.05, 0.1) is 11.8 Å². The number of hydrazone groups is 1. The van der Waals surface area contributed by atoms with Gasteiger partial charge < -0.3 is 4.74 Å². The van der Waals surface area contributed by atoms with E-state index in [1.807, 2.05) is 38.1 Å². The summed E-state index contributed by atoms with van der Waals surface area (Å²) in [7, 11) is 0. The first-order valence-electron chi connectivity index (χ1n) is 5.32. The smallest absolute Gasteiger partial charge is 0.306 e. The van der Waals surface area contributed by atoms with Crippen molar-refractivity contribution in [3.05, 3.63) is 34.9 Å². The molecule has 0 saturated heterocycles. The van der Waals surface area contributed by atoms with Crippen LogP contribution in [0.25, 0.3) is 0 Å². The number of nitrogens with one attached hydrogen (secondary N) is 1. The first-order valence-corrected chi connectivity index (χ1v) is 5.70. The molecule has 4 nitrogen and oxygen atoms in total. The molecular formula is C12H14ClN3O. The van der Waals surface area contributed by atoms with Crippen molar-refractivity contribution in [1.82, 2.24) is 5.43 Å². The van der Waals surface area contributed by atoms with Gasteiger partial charge >= 0.3 is 6.02 Å². The fraction of sp³-hybridized carbons (Fsp3) is 0.333. The lowest BCUT2D eigenvalue weighted by atomic mass is 10.1. The molecule has 2 rings (SSSR count). The summed E-state index contributed by atoms with van der Waals surface area (Å²) in [6.07, 6.45) is 1.69. The molecule has 17 heavy (non-hydrogen) atoms.